The highest BCUT2D eigenvalue weighted by atomic mass is 32.1. The van der Waals surface area contributed by atoms with E-state index < -0.39 is 0 Å². The molecular weight excluding hydrogens is 284 g/mol. The summed E-state index contributed by atoms with van der Waals surface area (Å²) in [7, 11) is 0. The topological polar surface area (TPSA) is 52.6 Å². The van der Waals surface area contributed by atoms with Gasteiger partial charge >= 0.3 is 0 Å². The molecular formula is C16H24N2O2S. The van der Waals surface area contributed by atoms with E-state index in [0.29, 0.717) is 0 Å². The fourth-order valence-electron chi connectivity index (χ4n) is 3.50. The van der Waals surface area contributed by atoms with Crippen LogP contribution in [0.4, 0.5) is 0 Å². The number of rotatable bonds is 3. The van der Waals surface area contributed by atoms with Crippen molar-refractivity contribution in [3.8, 4) is 0 Å². The van der Waals surface area contributed by atoms with Crippen molar-refractivity contribution in [3.05, 3.63) is 22.4 Å². The van der Waals surface area contributed by atoms with E-state index in [4.69, 9.17) is 0 Å². The molecule has 0 bridgehead atoms. The molecule has 0 radical (unpaired) electrons. The molecule has 1 saturated carbocycles. The Balaban J connectivity index is 1.84. The van der Waals surface area contributed by atoms with Crippen LogP contribution in [0.3, 0.4) is 0 Å². The molecule has 1 aromatic rings. The molecule has 116 valence electrons. The van der Waals surface area contributed by atoms with Crippen molar-refractivity contribution >= 4 is 17.2 Å². The molecule has 3 rings (SSSR count). The molecule has 1 saturated heterocycles. The first-order valence-electron chi connectivity index (χ1n) is 7.86. The van der Waals surface area contributed by atoms with Crippen LogP contribution in [0, 0.1) is 5.92 Å². The predicted octanol–water partition coefficient (Wildman–Crippen LogP) is 2.51. The second kappa shape index (κ2) is 6.07. The van der Waals surface area contributed by atoms with Gasteiger partial charge < -0.3 is 10.0 Å². The Labute approximate surface area is 130 Å². The molecule has 0 aromatic carbocycles. The van der Waals surface area contributed by atoms with Crippen molar-refractivity contribution in [1.29, 1.82) is 0 Å². The maximum absolute atomic E-state index is 12.8. The van der Waals surface area contributed by atoms with Gasteiger partial charge in [-0.25, -0.2) is 0 Å². The summed E-state index contributed by atoms with van der Waals surface area (Å²) in [5.74, 6) is 0.514. The minimum Gasteiger partial charge on any atom is -0.393 e. The van der Waals surface area contributed by atoms with Gasteiger partial charge in [0.15, 0.2) is 0 Å². The normalized spacial score (nSPS) is 33.9. The Morgan fingerprint density at radius 2 is 2.05 bits per heavy atom. The zero-order valence-electron chi connectivity index (χ0n) is 12.7. The van der Waals surface area contributed by atoms with Crippen LogP contribution < -0.4 is 5.32 Å². The third-order valence-electron chi connectivity index (χ3n) is 4.72. The molecule has 2 atom stereocenters. The SMILES string of the molecule is CC(C)C1NC(c2ccsc2)N(C2CCC(O)CC2)C1=O. The van der Waals surface area contributed by atoms with Gasteiger partial charge in [0.05, 0.1) is 12.1 Å². The van der Waals surface area contributed by atoms with Gasteiger partial charge in [0, 0.05) is 6.04 Å². The molecule has 2 fully saturated rings. The summed E-state index contributed by atoms with van der Waals surface area (Å²) < 4.78 is 0. The number of carbonyl (C=O) groups is 1. The smallest absolute Gasteiger partial charge is 0.241 e. The number of hydrogen-bond acceptors (Lipinski definition) is 4. The summed E-state index contributed by atoms with van der Waals surface area (Å²) in [4.78, 5) is 14.9. The lowest BCUT2D eigenvalue weighted by Crippen LogP contribution is -2.43. The van der Waals surface area contributed by atoms with Crippen LogP contribution in [-0.4, -0.2) is 34.1 Å². The fourth-order valence-corrected chi connectivity index (χ4v) is 4.18. The average molecular weight is 308 g/mol. The number of aliphatic hydroxyl groups excluding tert-OH is 1. The fraction of sp³-hybridized carbons (Fsp3) is 0.688. The number of carbonyl (C=O) groups excluding carboxylic acids is 1. The molecule has 1 aliphatic heterocycles. The highest BCUT2D eigenvalue weighted by Gasteiger charge is 2.44. The standard InChI is InChI=1S/C16H24N2O2S/c1-10(2)14-16(20)18(12-3-5-13(19)6-4-12)15(17-14)11-7-8-21-9-11/h7-10,12-15,17,19H,3-6H2,1-2H3. The third-order valence-corrected chi connectivity index (χ3v) is 5.42. The maximum atomic E-state index is 12.8. The van der Waals surface area contributed by atoms with Gasteiger partial charge in [-0.2, -0.15) is 11.3 Å². The highest BCUT2D eigenvalue weighted by Crippen LogP contribution is 2.35. The van der Waals surface area contributed by atoms with E-state index in [9.17, 15) is 9.90 Å². The summed E-state index contributed by atoms with van der Waals surface area (Å²) in [6, 6.07) is 2.26. The molecule has 21 heavy (non-hydrogen) atoms. The molecule has 2 heterocycles. The van der Waals surface area contributed by atoms with E-state index in [1.54, 1.807) is 11.3 Å². The van der Waals surface area contributed by atoms with Crippen LogP contribution in [0.2, 0.25) is 0 Å². The Morgan fingerprint density at radius 1 is 1.33 bits per heavy atom. The molecule has 1 aliphatic carbocycles. The van der Waals surface area contributed by atoms with Crippen molar-refractivity contribution in [2.45, 2.75) is 63.9 Å². The summed E-state index contributed by atoms with van der Waals surface area (Å²) in [5, 5.41) is 17.4. The van der Waals surface area contributed by atoms with E-state index >= 15 is 0 Å². The maximum Gasteiger partial charge on any atom is 0.241 e. The number of aliphatic hydroxyl groups is 1. The zero-order chi connectivity index (χ0) is 15.0. The first-order valence-corrected chi connectivity index (χ1v) is 8.80. The Morgan fingerprint density at radius 3 is 2.62 bits per heavy atom. The number of nitrogens with one attached hydrogen (secondary N) is 1. The zero-order valence-corrected chi connectivity index (χ0v) is 13.5. The van der Waals surface area contributed by atoms with Crippen LogP contribution >= 0.6 is 11.3 Å². The van der Waals surface area contributed by atoms with E-state index in [-0.39, 0.29) is 36.2 Å². The number of hydrogen-bond donors (Lipinski definition) is 2. The van der Waals surface area contributed by atoms with E-state index in [1.807, 2.05) is 0 Å². The Bertz CT molecular complexity index is 480. The minimum absolute atomic E-state index is 0.00334. The minimum atomic E-state index is -0.188. The second-order valence-corrected chi connectivity index (χ2v) is 7.34. The lowest BCUT2D eigenvalue weighted by atomic mass is 9.91. The van der Waals surface area contributed by atoms with Crippen molar-refractivity contribution in [1.82, 2.24) is 10.2 Å². The molecule has 1 aromatic heterocycles. The van der Waals surface area contributed by atoms with Gasteiger partial charge in [0.25, 0.3) is 0 Å². The lowest BCUT2D eigenvalue weighted by molar-refractivity contribution is -0.134. The molecule has 0 spiro atoms. The third kappa shape index (κ3) is 2.87. The number of nitrogens with zero attached hydrogens (tertiary/aromatic N) is 1. The van der Waals surface area contributed by atoms with Gasteiger partial charge in [-0.3, -0.25) is 10.1 Å². The van der Waals surface area contributed by atoms with E-state index in [2.05, 4.69) is 40.9 Å². The van der Waals surface area contributed by atoms with Crippen LogP contribution in [0.5, 0.6) is 0 Å². The van der Waals surface area contributed by atoms with Gasteiger partial charge in [0.2, 0.25) is 5.91 Å². The molecule has 2 unspecified atom stereocenters. The van der Waals surface area contributed by atoms with E-state index in [1.165, 1.54) is 5.56 Å². The lowest BCUT2D eigenvalue weighted by Gasteiger charge is -2.36. The quantitative estimate of drug-likeness (QED) is 0.902. The van der Waals surface area contributed by atoms with Gasteiger partial charge in [-0.05, 0) is 54.0 Å². The van der Waals surface area contributed by atoms with Gasteiger partial charge in [-0.15, -0.1) is 0 Å². The summed E-state index contributed by atoms with van der Waals surface area (Å²) in [6.07, 6.45) is 3.22. The Kier molecular flexibility index (Phi) is 4.33. The summed E-state index contributed by atoms with van der Waals surface area (Å²) in [6.45, 7) is 4.18. The van der Waals surface area contributed by atoms with Crippen molar-refractivity contribution < 1.29 is 9.90 Å². The van der Waals surface area contributed by atoms with Crippen molar-refractivity contribution in [2.75, 3.05) is 0 Å². The van der Waals surface area contributed by atoms with Crippen LogP contribution in [0.15, 0.2) is 16.8 Å². The second-order valence-electron chi connectivity index (χ2n) is 6.56. The van der Waals surface area contributed by atoms with Crippen LogP contribution in [0.1, 0.15) is 51.3 Å². The van der Waals surface area contributed by atoms with Gasteiger partial charge in [-0.1, -0.05) is 13.8 Å². The highest BCUT2D eigenvalue weighted by molar-refractivity contribution is 7.07. The molecule has 4 nitrogen and oxygen atoms in total. The molecule has 2 aliphatic rings. The van der Waals surface area contributed by atoms with Crippen LogP contribution in [-0.2, 0) is 4.79 Å². The predicted molar refractivity (Wildman–Crippen MR) is 83.9 cm³/mol. The number of thiophene rings is 1. The van der Waals surface area contributed by atoms with Gasteiger partial charge in [0.1, 0.15) is 6.17 Å². The summed E-state index contributed by atoms with van der Waals surface area (Å²) in [5.41, 5.74) is 1.18. The number of amides is 1. The largest absolute Gasteiger partial charge is 0.393 e. The summed E-state index contributed by atoms with van der Waals surface area (Å²) >= 11 is 1.67. The first kappa shape index (κ1) is 15.0. The molecule has 2 N–H and O–H groups in total. The monoisotopic (exact) mass is 308 g/mol. The van der Waals surface area contributed by atoms with Crippen LogP contribution in [0.25, 0.3) is 0 Å². The average Bonchev–Trinajstić information content (AvgIpc) is 3.07. The van der Waals surface area contributed by atoms with Crippen molar-refractivity contribution in [3.63, 3.8) is 0 Å². The van der Waals surface area contributed by atoms with Crippen molar-refractivity contribution in [2.24, 2.45) is 5.92 Å². The molecule has 1 amide bonds. The van der Waals surface area contributed by atoms with E-state index in [0.717, 1.165) is 25.7 Å². The first-order chi connectivity index (χ1) is 10.1. The molecule has 5 heteroatoms. The Hall–Kier alpha value is -0.910.